The van der Waals surface area contributed by atoms with E-state index < -0.39 is 0 Å². The summed E-state index contributed by atoms with van der Waals surface area (Å²) in [5.41, 5.74) is 5.56. The van der Waals surface area contributed by atoms with Gasteiger partial charge in [-0.25, -0.2) is 0 Å². The van der Waals surface area contributed by atoms with Crippen LogP contribution < -0.4 is 5.32 Å². The second kappa shape index (κ2) is 2.70. The Morgan fingerprint density at radius 3 is 2.75 bits per heavy atom. The standard InChI is InChI=1S/C10H13NS/c1-6-4-7(2)10-9(8(6)3)11-5-12-10/h4,11H,5H2,1-3H3. The lowest BCUT2D eigenvalue weighted by molar-refractivity contribution is 1.22. The summed E-state index contributed by atoms with van der Waals surface area (Å²) < 4.78 is 0. The fraction of sp³-hybridized carbons (Fsp3) is 0.400. The van der Waals surface area contributed by atoms with Crippen LogP contribution in [0.4, 0.5) is 5.69 Å². The number of hydrogen-bond donors (Lipinski definition) is 1. The molecule has 1 aliphatic heterocycles. The molecular formula is C10H13NS. The van der Waals surface area contributed by atoms with Crippen LogP contribution in [-0.2, 0) is 0 Å². The normalized spacial score (nSPS) is 14.2. The van der Waals surface area contributed by atoms with E-state index in [2.05, 4.69) is 32.2 Å². The molecule has 0 aromatic heterocycles. The highest BCUT2D eigenvalue weighted by molar-refractivity contribution is 8.00. The Hall–Kier alpha value is -0.630. The Morgan fingerprint density at radius 1 is 1.25 bits per heavy atom. The highest BCUT2D eigenvalue weighted by Crippen LogP contribution is 2.39. The zero-order chi connectivity index (χ0) is 8.72. The van der Waals surface area contributed by atoms with E-state index in [1.807, 2.05) is 11.8 Å². The van der Waals surface area contributed by atoms with Crippen LogP contribution in [0, 0.1) is 20.8 Å². The van der Waals surface area contributed by atoms with Gasteiger partial charge in [-0.1, -0.05) is 6.07 Å². The van der Waals surface area contributed by atoms with Crippen molar-refractivity contribution in [2.24, 2.45) is 0 Å². The Balaban J connectivity index is 2.69. The number of rotatable bonds is 0. The summed E-state index contributed by atoms with van der Waals surface area (Å²) in [5.74, 6) is 1.03. The first-order valence-electron chi connectivity index (χ1n) is 4.17. The minimum Gasteiger partial charge on any atom is -0.375 e. The minimum atomic E-state index is 1.03. The van der Waals surface area contributed by atoms with Gasteiger partial charge in [-0.15, -0.1) is 11.8 Å². The van der Waals surface area contributed by atoms with Crippen LogP contribution >= 0.6 is 11.8 Å². The predicted molar refractivity (Wildman–Crippen MR) is 55.0 cm³/mol. The van der Waals surface area contributed by atoms with Gasteiger partial charge in [-0.3, -0.25) is 0 Å². The summed E-state index contributed by atoms with van der Waals surface area (Å²) in [4.78, 5) is 1.44. The van der Waals surface area contributed by atoms with Gasteiger partial charge in [0.05, 0.1) is 11.6 Å². The van der Waals surface area contributed by atoms with E-state index in [1.165, 1.54) is 27.3 Å². The molecule has 1 nitrogen and oxygen atoms in total. The molecule has 0 aliphatic carbocycles. The van der Waals surface area contributed by atoms with Gasteiger partial charge in [0.25, 0.3) is 0 Å². The molecule has 2 rings (SSSR count). The number of hydrogen-bond acceptors (Lipinski definition) is 2. The van der Waals surface area contributed by atoms with Crippen molar-refractivity contribution in [3.8, 4) is 0 Å². The number of aryl methyl sites for hydroxylation is 2. The lowest BCUT2D eigenvalue weighted by atomic mass is 10.0. The molecule has 0 fully saturated rings. The molecule has 1 aromatic carbocycles. The highest BCUT2D eigenvalue weighted by atomic mass is 32.2. The third-order valence-corrected chi connectivity index (χ3v) is 3.55. The third-order valence-electron chi connectivity index (χ3n) is 2.45. The number of anilines is 1. The van der Waals surface area contributed by atoms with E-state index >= 15 is 0 Å². The number of thioether (sulfide) groups is 1. The second-order valence-electron chi connectivity index (χ2n) is 3.30. The molecule has 1 heterocycles. The SMILES string of the molecule is Cc1cc(C)c2c(c1C)NCS2. The fourth-order valence-corrected chi connectivity index (χ4v) is 2.66. The first-order valence-corrected chi connectivity index (χ1v) is 5.16. The van der Waals surface area contributed by atoms with E-state index in [9.17, 15) is 0 Å². The number of benzene rings is 1. The molecule has 2 heteroatoms. The predicted octanol–water partition coefficient (Wildman–Crippen LogP) is 3.09. The van der Waals surface area contributed by atoms with E-state index in [0.29, 0.717) is 0 Å². The molecule has 0 amide bonds. The van der Waals surface area contributed by atoms with Gasteiger partial charge in [-0.2, -0.15) is 0 Å². The third kappa shape index (κ3) is 1.02. The zero-order valence-corrected chi connectivity index (χ0v) is 8.51. The lowest BCUT2D eigenvalue weighted by Crippen LogP contribution is -1.94. The monoisotopic (exact) mass is 179 g/mol. The zero-order valence-electron chi connectivity index (χ0n) is 7.69. The van der Waals surface area contributed by atoms with Crippen LogP contribution in [0.25, 0.3) is 0 Å². The number of nitrogens with one attached hydrogen (secondary N) is 1. The molecule has 64 valence electrons. The molecule has 1 aliphatic rings. The average molecular weight is 179 g/mol. The van der Waals surface area contributed by atoms with Gasteiger partial charge >= 0.3 is 0 Å². The Bertz CT molecular complexity index is 331. The molecule has 0 atom stereocenters. The van der Waals surface area contributed by atoms with Gasteiger partial charge in [0.15, 0.2) is 0 Å². The Morgan fingerprint density at radius 2 is 2.00 bits per heavy atom. The molecule has 0 spiro atoms. The quantitative estimate of drug-likeness (QED) is 0.657. The van der Waals surface area contributed by atoms with Crippen LogP contribution in [0.5, 0.6) is 0 Å². The van der Waals surface area contributed by atoms with Gasteiger partial charge in [0.1, 0.15) is 0 Å². The largest absolute Gasteiger partial charge is 0.375 e. The lowest BCUT2D eigenvalue weighted by Gasteiger charge is -2.09. The Kier molecular flexibility index (Phi) is 1.80. The summed E-state index contributed by atoms with van der Waals surface area (Å²) in [5, 5.41) is 3.41. The van der Waals surface area contributed by atoms with Crippen molar-refractivity contribution in [3.63, 3.8) is 0 Å². The maximum Gasteiger partial charge on any atom is 0.0658 e. The summed E-state index contributed by atoms with van der Waals surface area (Å²) in [6.45, 7) is 6.55. The van der Waals surface area contributed by atoms with Gasteiger partial charge < -0.3 is 5.32 Å². The van der Waals surface area contributed by atoms with Crippen LogP contribution in [0.15, 0.2) is 11.0 Å². The number of fused-ring (bicyclic) bond motifs is 1. The molecule has 1 N–H and O–H groups in total. The molecule has 0 saturated heterocycles. The van der Waals surface area contributed by atoms with Crippen molar-refractivity contribution in [2.75, 3.05) is 11.2 Å². The minimum absolute atomic E-state index is 1.03. The van der Waals surface area contributed by atoms with Gasteiger partial charge in [-0.05, 0) is 37.5 Å². The Labute approximate surface area is 77.6 Å². The van der Waals surface area contributed by atoms with E-state index in [4.69, 9.17) is 0 Å². The van der Waals surface area contributed by atoms with Gasteiger partial charge in [0.2, 0.25) is 0 Å². The van der Waals surface area contributed by atoms with Crippen LogP contribution in [0.1, 0.15) is 16.7 Å². The van der Waals surface area contributed by atoms with Crippen molar-refractivity contribution in [1.82, 2.24) is 0 Å². The second-order valence-corrected chi connectivity index (χ2v) is 4.29. The molecule has 0 bridgehead atoms. The van der Waals surface area contributed by atoms with Crippen LogP contribution in [0.3, 0.4) is 0 Å². The van der Waals surface area contributed by atoms with E-state index in [-0.39, 0.29) is 0 Å². The van der Waals surface area contributed by atoms with Crippen LogP contribution in [0.2, 0.25) is 0 Å². The molecule has 0 saturated carbocycles. The highest BCUT2D eigenvalue weighted by Gasteiger charge is 2.16. The summed E-state index contributed by atoms with van der Waals surface area (Å²) in [6.07, 6.45) is 0. The smallest absolute Gasteiger partial charge is 0.0658 e. The molecule has 1 aromatic rings. The van der Waals surface area contributed by atoms with E-state index in [0.717, 1.165) is 5.88 Å². The first kappa shape index (κ1) is 7.99. The summed E-state index contributed by atoms with van der Waals surface area (Å²) in [6, 6.07) is 2.27. The van der Waals surface area contributed by atoms with Gasteiger partial charge in [0, 0.05) is 4.90 Å². The summed E-state index contributed by atoms with van der Waals surface area (Å²) >= 11 is 1.91. The summed E-state index contributed by atoms with van der Waals surface area (Å²) in [7, 11) is 0. The first-order chi connectivity index (χ1) is 5.70. The maximum absolute atomic E-state index is 3.41. The fourth-order valence-electron chi connectivity index (χ4n) is 1.64. The van der Waals surface area contributed by atoms with Crippen molar-refractivity contribution in [1.29, 1.82) is 0 Å². The van der Waals surface area contributed by atoms with Crippen molar-refractivity contribution in [3.05, 3.63) is 22.8 Å². The molecule has 0 radical (unpaired) electrons. The van der Waals surface area contributed by atoms with E-state index in [1.54, 1.807) is 0 Å². The molecular weight excluding hydrogens is 166 g/mol. The molecule has 0 unspecified atom stereocenters. The molecule has 12 heavy (non-hydrogen) atoms. The topological polar surface area (TPSA) is 12.0 Å². The van der Waals surface area contributed by atoms with Crippen molar-refractivity contribution >= 4 is 17.4 Å². The maximum atomic E-state index is 3.41. The van der Waals surface area contributed by atoms with Crippen molar-refractivity contribution < 1.29 is 0 Å². The van der Waals surface area contributed by atoms with Crippen molar-refractivity contribution in [2.45, 2.75) is 25.7 Å². The van der Waals surface area contributed by atoms with Crippen LogP contribution in [-0.4, -0.2) is 5.88 Å². The average Bonchev–Trinajstić information content (AvgIpc) is 2.48.